The maximum Gasteiger partial charge on any atom is 0.122 e. The summed E-state index contributed by atoms with van der Waals surface area (Å²) in [7, 11) is 1.76. The van der Waals surface area contributed by atoms with Crippen molar-refractivity contribution in [1.82, 2.24) is 9.80 Å². The van der Waals surface area contributed by atoms with E-state index in [9.17, 15) is 0 Å². The first-order chi connectivity index (χ1) is 15.0. The second kappa shape index (κ2) is 9.52. The Hall–Kier alpha value is -2.20. The van der Waals surface area contributed by atoms with E-state index in [-0.39, 0.29) is 0 Å². The largest absolute Gasteiger partial charge is 0.498 e. The van der Waals surface area contributed by atoms with Gasteiger partial charge in [-0.3, -0.25) is 4.90 Å². The lowest BCUT2D eigenvalue weighted by molar-refractivity contribution is 0.0219. The van der Waals surface area contributed by atoms with Crippen molar-refractivity contribution in [1.29, 1.82) is 0 Å². The molecular weight excluding hydrogens is 384 g/mol. The molecular formula is C27H38N2O2. The van der Waals surface area contributed by atoms with Crippen LogP contribution in [0.3, 0.4) is 0 Å². The number of hydrogen-bond donors (Lipinski definition) is 0. The Kier molecular flexibility index (Phi) is 6.76. The summed E-state index contributed by atoms with van der Waals surface area (Å²) in [5.74, 6) is 2.41. The zero-order valence-corrected chi connectivity index (χ0v) is 19.9. The van der Waals surface area contributed by atoms with E-state index < -0.39 is 0 Å². The van der Waals surface area contributed by atoms with Gasteiger partial charge in [0.1, 0.15) is 11.5 Å². The zero-order chi connectivity index (χ0) is 22.0. The van der Waals surface area contributed by atoms with E-state index in [2.05, 4.69) is 73.9 Å². The summed E-state index contributed by atoms with van der Waals surface area (Å²) in [5.41, 5.74) is 5.45. The molecule has 0 N–H and O–H groups in total. The molecule has 0 amide bonds. The van der Waals surface area contributed by atoms with Gasteiger partial charge in [0.05, 0.1) is 13.7 Å². The van der Waals surface area contributed by atoms with Crippen LogP contribution in [0.15, 0.2) is 47.9 Å². The lowest BCUT2D eigenvalue weighted by Gasteiger charge is -2.49. The fraction of sp³-hybridized carbons (Fsp3) is 0.556. The molecule has 3 unspecified atom stereocenters. The van der Waals surface area contributed by atoms with Gasteiger partial charge >= 0.3 is 0 Å². The van der Waals surface area contributed by atoms with E-state index in [0.717, 1.165) is 37.7 Å². The van der Waals surface area contributed by atoms with Crippen molar-refractivity contribution in [2.45, 2.75) is 59.0 Å². The molecule has 0 bridgehead atoms. The Labute approximate surface area is 188 Å². The van der Waals surface area contributed by atoms with Crippen molar-refractivity contribution in [2.24, 2.45) is 5.92 Å². The first-order valence-corrected chi connectivity index (χ1v) is 11.9. The number of ether oxygens (including phenoxy) is 2. The highest BCUT2D eigenvalue weighted by molar-refractivity contribution is 5.45. The van der Waals surface area contributed by atoms with Crippen molar-refractivity contribution in [3.63, 3.8) is 0 Å². The van der Waals surface area contributed by atoms with Gasteiger partial charge in [0, 0.05) is 43.3 Å². The fourth-order valence-corrected chi connectivity index (χ4v) is 5.49. The third-order valence-corrected chi connectivity index (χ3v) is 7.38. The van der Waals surface area contributed by atoms with Crippen molar-refractivity contribution in [3.8, 4) is 5.75 Å². The predicted octanol–water partition coefficient (Wildman–Crippen LogP) is 5.53. The number of fused-ring (bicyclic) bond motifs is 1. The van der Waals surface area contributed by atoms with Crippen LogP contribution in [0, 0.1) is 19.8 Å². The molecule has 2 heterocycles. The van der Waals surface area contributed by atoms with Crippen molar-refractivity contribution >= 4 is 0 Å². The highest BCUT2D eigenvalue weighted by atomic mass is 16.5. The van der Waals surface area contributed by atoms with Crippen molar-refractivity contribution in [2.75, 3.05) is 33.4 Å². The van der Waals surface area contributed by atoms with Gasteiger partial charge in [0.15, 0.2) is 0 Å². The van der Waals surface area contributed by atoms with Gasteiger partial charge in [-0.2, -0.15) is 0 Å². The van der Waals surface area contributed by atoms with Gasteiger partial charge in [-0.15, -0.1) is 0 Å². The van der Waals surface area contributed by atoms with E-state index in [1.54, 1.807) is 7.11 Å². The van der Waals surface area contributed by atoms with Crippen LogP contribution in [-0.4, -0.2) is 49.2 Å². The van der Waals surface area contributed by atoms with Gasteiger partial charge in [-0.1, -0.05) is 25.1 Å². The first-order valence-electron chi connectivity index (χ1n) is 11.9. The van der Waals surface area contributed by atoms with Gasteiger partial charge in [0.25, 0.3) is 0 Å². The van der Waals surface area contributed by atoms with Crippen LogP contribution in [0.2, 0.25) is 0 Å². The smallest absolute Gasteiger partial charge is 0.122 e. The van der Waals surface area contributed by atoms with E-state index in [0.29, 0.717) is 18.0 Å². The Morgan fingerprint density at radius 2 is 1.94 bits per heavy atom. The summed E-state index contributed by atoms with van der Waals surface area (Å²) in [5, 5.41) is 0. The second-order valence-electron chi connectivity index (χ2n) is 9.14. The van der Waals surface area contributed by atoms with Crippen LogP contribution in [0.25, 0.3) is 0 Å². The number of hydrogen-bond acceptors (Lipinski definition) is 4. The minimum atomic E-state index is 0.329. The molecule has 31 heavy (non-hydrogen) atoms. The quantitative estimate of drug-likeness (QED) is 0.623. The predicted molar refractivity (Wildman–Crippen MR) is 127 cm³/mol. The third kappa shape index (κ3) is 4.41. The summed E-state index contributed by atoms with van der Waals surface area (Å²) in [6, 6.07) is 5.57. The maximum atomic E-state index is 5.94. The number of rotatable bonds is 5. The topological polar surface area (TPSA) is 24.9 Å². The Morgan fingerprint density at radius 3 is 2.71 bits per heavy atom. The molecule has 2 saturated heterocycles. The monoisotopic (exact) mass is 422 g/mol. The zero-order valence-electron chi connectivity index (χ0n) is 19.9. The number of allylic oxidation sites excluding steroid dienone is 4. The van der Waals surface area contributed by atoms with Crippen molar-refractivity contribution in [3.05, 3.63) is 64.6 Å². The fourth-order valence-electron chi connectivity index (χ4n) is 5.49. The van der Waals surface area contributed by atoms with E-state index in [4.69, 9.17) is 9.47 Å². The van der Waals surface area contributed by atoms with Crippen LogP contribution in [0.5, 0.6) is 5.75 Å². The van der Waals surface area contributed by atoms with Gasteiger partial charge in [-0.05, 0) is 74.9 Å². The van der Waals surface area contributed by atoms with E-state index in [1.807, 2.05) is 0 Å². The van der Waals surface area contributed by atoms with Crippen molar-refractivity contribution < 1.29 is 9.47 Å². The lowest BCUT2D eigenvalue weighted by atomic mass is 9.86. The molecule has 4 heteroatoms. The van der Waals surface area contributed by atoms with Crippen LogP contribution in [0.1, 0.15) is 55.8 Å². The maximum absolute atomic E-state index is 5.94. The number of nitrogens with zero attached hydrogens (tertiary/aromatic N) is 2. The van der Waals surface area contributed by atoms with Crippen LogP contribution >= 0.6 is 0 Å². The molecule has 2 fully saturated rings. The normalized spacial score (nSPS) is 26.6. The molecule has 2 aliphatic heterocycles. The molecule has 4 rings (SSSR count). The molecule has 1 aromatic rings. The Balaban J connectivity index is 1.53. The van der Waals surface area contributed by atoms with Gasteiger partial charge in [0.2, 0.25) is 0 Å². The highest BCUT2D eigenvalue weighted by Crippen LogP contribution is 2.40. The van der Waals surface area contributed by atoms with Gasteiger partial charge in [-0.25, -0.2) is 0 Å². The van der Waals surface area contributed by atoms with Gasteiger partial charge < -0.3 is 14.4 Å². The Bertz CT molecular complexity index is 885. The van der Waals surface area contributed by atoms with E-state index in [1.165, 1.54) is 41.6 Å². The molecule has 1 aromatic carbocycles. The minimum Gasteiger partial charge on any atom is -0.498 e. The second-order valence-corrected chi connectivity index (χ2v) is 9.14. The summed E-state index contributed by atoms with van der Waals surface area (Å²) >= 11 is 0. The molecule has 0 saturated carbocycles. The summed E-state index contributed by atoms with van der Waals surface area (Å²) in [6.07, 6.45) is 12.8. The minimum absolute atomic E-state index is 0.329. The molecule has 1 aliphatic carbocycles. The molecule has 0 radical (unpaired) electrons. The molecule has 168 valence electrons. The average molecular weight is 423 g/mol. The molecule has 0 aromatic heterocycles. The van der Waals surface area contributed by atoms with Crippen LogP contribution in [-0.2, 0) is 4.74 Å². The molecule has 0 spiro atoms. The highest BCUT2D eigenvalue weighted by Gasteiger charge is 2.36. The van der Waals surface area contributed by atoms with Crippen LogP contribution < -0.4 is 4.74 Å². The summed E-state index contributed by atoms with van der Waals surface area (Å²) < 4.78 is 11.5. The number of piperidine rings is 1. The molecule has 3 aliphatic rings. The summed E-state index contributed by atoms with van der Waals surface area (Å²) in [6.45, 7) is 12.7. The van der Waals surface area contributed by atoms with E-state index >= 15 is 0 Å². The van der Waals surface area contributed by atoms with Crippen LogP contribution in [0.4, 0.5) is 0 Å². The SMILES string of the molecule is CCOC1=CC(N2CCN3C(CCCC3c3ccc(OC)c(C)c3C)C2)=CC=CC1C. The average Bonchev–Trinajstić information content (AvgIpc) is 2.97. The standard InChI is InChI=1S/C27H38N2O2/c1-6-31-27-17-22(10-7-9-19(27)2)28-15-16-29-23(18-28)11-8-12-25(29)24-13-14-26(30-5)21(4)20(24)3/h7,9-10,13-14,17,19,23,25H,6,8,11-12,15-16,18H2,1-5H3. The first kappa shape index (κ1) is 22.0. The lowest BCUT2D eigenvalue weighted by Crippen LogP contribution is -2.55. The molecule has 3 atom stereocenters. The number of piperazine rings is 1. The third-order valence-electron chi connectivity index (χ3n) is 7.38. The molecule has 4 nitrogen and oxygen atoms in total. The summed E-state index contributed by atoms with van der Waals surface area (Å²) in [4.78, 5) is 5.34. The number of benzene rings is 1. The Morgan fingerprint density at radius 1 is 1.10 bits per heavy atom. The number of methoxy groups -OCH3 is 1.